The van der Waals surface area contributed by atoms with Crippen LogP contribution in [0.15, 0.2) is 36.5 Å². The topological polar surface area (TPSA) is 75.2 Å². The lowest BCUT2D eigenvalue weighted by atomic mass is 10.1. The lowest BCUT2D eigenvalue weighted by molar-refractivity contribution is 0.414. The third-order valence-corrected chi connectivity index (χ3v) is 3.32. The van der Waals surface area contributed by atoms with Crippen molar-refractivity contribution in [3.05, 3.63) is 53.2 Å². The molecule has 0 unspecified atom stereocenters. The zero-order valence-electron chi connectivity index (χ0n) is 12.6. The number of hydrogen-bond donors (Lipinski definition) is 2. The molecule has 0 aliphatic heterocycles. The number of nitrogens with one attached hydrogen (secondary N) is 1. The smallest absolute Gasteiger partial charge is 0.139 e. The molecular weight excluding hydrogens is 264 g/mol. The Morgan fingerprint density at radius 1 is 1.38 bits per heavy atom. The van der Waals surface area contributed by atoms with Crippen LogP contribution in [0.3, 0.4) is 0 Å². The second-order valence-corrected chi connectivity index (χ2v) is 4.95. The van der Waals surface area contributed by atoms with Crippen LogP contribution in [0.4, 0.5) is 5.82 Å². The van der Waals surface area contributed by atoms with Gasteiger partial charge in [-0.05, 0) is 36.2 Å². The summed E-state index contributed by atoms with van der Waals surface area (Å²) in [4.78, 5) is 6.36. The lowest BCUT2D eigenvalue weighted by Crippen LogP contribution is -2.24. The first kappa shape index (κ1) is 14.8. The molecule has 0 amide bonds. The SMILES string of the molecule is COc1cccc(CN(C)c2nccc(C)c2C(=N)N)c1. The van der Waals surface area contributed by atoms with Gasteiger partial charge in [-0.2, -0.15) is 0 Å². The van der Waals surface area contributed by atoms with Gasteiger partial charge in [-0.1, -0.05) is 12.1 Å². The molecule has 1 aromatic carbocycles. The summed E-state index contributed by atoms with van der Waals surface area (Å²) in [5.74, 6) is 1.57. The van der Waals surface area contributed by atoms with E-state index in [1.807, 2.05) is 49.2 Å². The number of ether oxygens (including phenoxy) is 1. The molecule has 1 heterocycles. The number of nitrogen functional groups attached to an aromatic ring is 1. The van der Waals surface area contributed by atoms with E-state index in [0.29, 0.717) is 17.9 Å². The Kier molecular flexibility index (Phi) is 4.42. The normalized spacial score (nSPS) is 10.2. The summed E-state index contributed by atoms with van der Waals surface area (Å²) < 4.78 is 5.23. The second-order valence-electron chi connectivity index (χ2n) is 4.95. The first-order valence-corrected chi connectivity index (χ1v) is 6.67. The van der Waals surface area contributed by atoms with Crippen molar-refractivity contribution in [3.8, 4) is 5.75 Å². The molecule has 5 nitrogen and oxygen atoms in total. The van der Waals surface area contributed by atoms with Gasteiger partial charge in [-0.15, -0.1) is 0 Å². The molecule has 0 radical (unpaired) electrons. The van der Waals surface area contributed by atoms with Crippen molar-refractivity contribution in [2.24, 2.45) is 5.73 Å². The van der Waals surface area contributed by atoms with E-state index >= 15 is 0 Å². The molecule has 0 fully saturated rings. The molecule has 0 bridgehead atoms. The molecule has 0 atom stereocenters. The van der Waals surface area contributed by atoms with Crippen molar-refractivity contribution in [1.29, 1.82) is 5.41 Å². The van der Waals surface area contributed by atoms with Crippen molar-refractivity contribution in [2.75, 3.05) is 19.1 Å². The first-order valence-electron chi connectivity index (χ1n) is 6.67. The number of nitrogens with zero attached hydrogens (tertiary/aromatic N) is 2. The van der Waals surface area contributed by atoms with Crippen molar-refractivity contribution < 1.29 is 4.74 Å². The average Bonchev–Trinajstić information content (AvgIpc) is 2.46. The second kappa shape index (κ2) is 6.26. The summed E-state index contributed by atoms with van der Waals surface area (Å²) >= 11 is 0. The fourth-order valence-electron chi connectivity index (χ4n) is 2.29. The molecule has 0 aliphatic carbocycles. The molecule has 2 aromatic rings. The fourth-order valence-corrected chi connectivity index (χ4v) is 2.29. The predicted molar refractivity (Wildman–Crippen MR) is 85.1 cm³/mol. The van der Waals surface area contributed by atoms with Crippen LogP contribution in [0.1, 0.15) is 16.7 Å². The number of aryl methyl sites for hydroxylation is 1. The number of benzene rings is 1. The van der Waals surface area contributed by atoms with Gasteiger partial charge >= 0.3 is 0 Å². The standard InChI is InChI=1S/C16H20N4O/c1-11-7-8-19-16(14(11)15(17)18)20(2)10-12-5-4-6-13(9-12)21-3/h4-9H,10H2,1-3H3,(H3,17,18). The summed E-state index contributed by atoms with van der Waals surface area (Å²) in [6.07, 6.45) is 1.74. The minimum Gasteiger partial charge on any atom is -0.497 e. The maximum absolute atomic E-state index is 7.75. The van der Waals surface area contributed by atoms with Crippen LogP contribution < -0.4 is 15.4 Å². The van der Waals surface area contributed by atoms with Crippen LogP contribution in [0, 0.1) is 12.3 Å². The number of methoxy groups -OCH3 is 1. The summed E-state index contributed by atoms with van der Waals surface area (Å²) in [5.41, 5.74) is 8.43. The summed E-state index contributed by atoms with van der Waals surface area (Å²) in [7, 11) is 3.59. The van der Waals surface area contributed by atoms with E-state index in [1.54, 1.807) is 13.3 Å². The summed E-state index contributed by atoms with van der Waals surface area (Å²) in [5, 5.41) is 7.75. The molecule has 0 saturated heterocycles. The van der Waals surface area contributed by atoms with Crippen molar-refractivity contribution in [1.82, 2.24) is 4.98 Å². The van der Waals surface area contributed by atoms with Gasteiger partial charge in [-0.3, -0.25) is 5.41 Å². The van der Waals surface area contributed by atoms with Crippen molar-refractivity contribution in [2.45, 2.75) is 13.5 Å². The predicted octanol–water partition coefficient (Wildman–Crippen LogP) is 2.32. The van der Waals surface area contributed by atoms with Crippen LogP contribution >= 0.6 is 0 Å². The molecule has 2 rings (SSSR count). The van der Waals surface area contributed by atoms with Gasteiger partial charge in [-0.25, -0.2) is 4.98 Å². The van der Waals surface area contributed by atoms with Gasteiger partial charge in [0.05, 0.1) is 12.7 Å². The van der Waals surface area contributed by atoms with Gasteiger partial charge in [0.2, 0.25) is 0 Å². The Hall–Kier alpha value is -2.56. The maximum Gasteiger partial charge on any atom is 0.139 e. The number of aromatic nitrogens is 1. The third kappa shape index (κ3) is 3.31. The monoisotopic (exact) mass is 284 g/mol. The van der Waals surface area contributed by atoms with E-state index in [4.69, 9.17) is 15.9 Å². The molecule has 0 saturated carbocycles. The van der Waals surface area contributed by atoms with E-state index in [0.717, 1.165) is 16.9 Å². The Morgan fingerprint density at radius 2 is 2.14 bits per heavy atom. The fraction of sp³-hybridized carbons (Fsp3) is 0.250. The number of rotatable bonds is 5. The number of pyridine rings is 1. The van der Waals surface area contributed by atoms with E-state index < -0.39 is 0 Å². The van der Waals surface area contributed by atoms with Crippen LogP contribution in [-0.2, 0) is 6.54 Å². The van der Waals surface area contributed by atoms with E-state index in [-0.39, 0.29) is 5.84 Å². The van der Waals surface area contributed by atoms with Crippen molar-refractivity contribution >= 4 is 11.7 Å². The quantitative estimate of drug-likeness (QED) is 0.652. The Balaban J connectivity index is 2.30. The number of amidine groups is 1. The zero-order valence-corrected chi connectivity index (χ0v) is 12.6. The molecule has 3 N–H and O–H groups in total. The van der Waals surface area contributed by atoms with Gasteiger partial charge in [0.15, 0.2) is 0 Å². The van der Waals surface area contributed by atoms with Gasteiger partial charge in [0.1, 0.15) is 17.4 Å². The highest BCUT2D eigenvalue weighted by Crippen LogP contribution is 2.22. The van der Waals surface area contributed by atoms with Gasteiger partial charge in [0, 0.05) is 19.8 Å². The highest BCUT2D eigenvalue weighted by molar-refractivity contribution is 6.00. The largest absolute Gasteiger partial charge is 0.497 e. The number of nitrogens with two attached hydrogens (primary N) is 1. The average molecular weight is 284 g/mol. The Bertz CT molecular complexity index is 654. The maximum atomic E-state index is 7.75. The van der Waals surface area contributed by atoms with Gasteiger partial charge in [0.25, 0.3) is 0 Å². The molecule has 21 heavy (non-hydrogen) atoms. The molecule has 0 spiro atoms. The molecular formula is C16H20N4O. The van der Waals surface area contributed by atoms with E-state index in [9.17, 15) is 0 Å². The van der Waals surface area contributed by atoms with Crippen molar-refractivity contribution in [3.63, 3.8) is 0 Å². The highest BCUT2D eigenvalue weighted by Gasteiger charge is 2.14. The number of anilines is 1. The third-order valence-electron chi connectivity index (χ3n) is 3.32. The Labute approximate surface area is 124 Å². The highest BCUT2D eigenvalue weighted by atomic mass is 16.5. The van der Waals surface area contributed by atoms with Crippen LogP contribution in [0.2, 0.25) is 0 Å². The summed E-state index contributed by atoms with van der Waals surface area (Å²) in [6, 6.07) is 9.74. The van der Waals surface area contributed by atoms with Gasteiger partial charge < -0.3 is 15.4 Å². The van der Waals surface area contributed by atoms with Crippen LogP contribution in [-0.4, -0.2) is 25.0 Å². The minimum absolute atomic E-state index is 0.0353. The molecule has 5 heteroatoms. The van der Waals surface area contributed by atoms with E-state index in [2.05, 4.69) is 4.98 Å². The van der Waals surface area contributed by atoms with E-state index in [1.165, 1.54) is 0 Å². The summed E-state index contributed by atoms with van der Waals surface area (Å²) in [6.45, 7) is 2.59. The lowest BCUT2D eigenvalue weighted by Gasteiger charge is -2.22. The zero-order chi connectivity index (χ0) is 15.4. The minimum atomic E-state index is 0.0353. The van der Waals surface area contributed by atoms with Crippen LogP contribution in [0.25, 0.3) is 0 Å². The first-order chi connectivity index (χ1) is 10.0. The number of hydrogen-bond acceptors (Lipinski definition) is 4. The Morgan fingerprint density at radius 3 is 2.81 bits per heavy atom. The molecule has 0 aliphatic rings. The molecule has 110 valence electrons. The van der Waals surface area contributed by atoms with Crippen LogP contribution in [0.5, 0.6) is 5.75 Å². The molecule has 1 aromatic heterocycles.